The lowest BCUT2D eigenvalue weighted by atomic mass is 9.99. The zero-order valence-electron chi connectivity index (χ0n) is 12.3. The van der Waals surface area contributed by atoms with Gasteiger partial charge in [0.25, 0.3) is 5.91 Å². The van der Waals surface area contributed by atoms with Gasteiger partial charge < -0.3 is 14.6 Å². The number of aromatic amines is 1. The number of hydrogen-bond donors (Lipinski definition) is 1. The lowest BCUT2D eigenvalue weighted by Gasteiger charge is -2.34. The van der Waals surface area contributed by atoms with Crippen LogP contribution in [0.15, 0.2) is 12.3 Å². The van der Waals surface area contributed by atoms with Gasteiger partial charge >= 0.3 is 0 Å². The minimum Gasteiger partial charge on any atom is -0.379 e. The van der Waals surface area contributed by atoms with Crippen LogP contribution in [-0.2, 0) is 4.74 Å². The van der Waals surface area contributed by atoms with Crippen LogP contribution in [0.3, 0.4) is 0 Å². The highest BCUT2D eigenvalue weighted by Crippen LogP contribution is 2.27. The van der Waals surface area contributed by atoms with Gasteiger partial charge in [0, 0.05) is 38.4 Å². The highest BCUT2D eigenvalue weighted by molar-refractivity contribution is 6.30. The Morgan fingerprint density at radius 3 is 2.81 bits per heavy atom. The Morgan fingerprint density at radius 1 is 1.43 bits per heavy atom. The SMILES string of the molecule is CC[C@@H]1CN(C(=O)c2cc(Cl)c[nH]2)C[C@@H]1N1CCOCC1. The van der Waals surface area contributed by atoms with Gasteiger partial charge in [0.15, 0.2) is 0 Å². The first-order valence-electron chi connectivity index (χ1n) is 7.64. The standard InChI is InChI=1S/C15H22ClN3O2/c1-2-11-9-19(15(20)13-7-12(16)8-17-13)10-14(11)18-3-5-21-6-4-18/h7-8,11,14,17H,2-6,9-10H2,1H3/t11-,14+/m1/s1. The second kappa shape index (κ2) is 6.38. The van der Waals surface area contributed by atoms with Crippen LogP contribution >= 0.6 is 11.6 Å². The molecule has 2 aliphatic heterocycles. The molecule has 0 unspecified atom stereocenters. The number of rotatable bonds is 3. The van der Waals surface area contributed by atoms with Gasteiger partial charge in [0.2, 0.25) is 0 Å². The zero-order chi connectivity index (χ0) is 14.8. The summed E-state index contributed by atoms with van der Waals surface area (Å²) in [6.45, 7) is 7.37. The molecule has 0 aliphatic carbocycles. The number of nitrogens with one attached hydrogen (secondary N) is 1. The number of H-pyrrole nitrogens is 1. The highest BCUT2D eigenvalue weighted by Gasteiger charge is 2.38. The summed E-state index contributed by atoms with van der Waals surface area (Å²) in [5.41, 5.74) is 0.581. The van der Waals surface area contributed by atoms with Crippen molar-refractivity contribution in [1.82, 2.24) is 14.8 Å². The highest BCUT2D eigenvalue weighted by atomic mass is 35.5. The van der Waals surface area contributed by atoms with Crippen molar-refractivity contribution in [2.75, 3.05) is 39.4 Å². The summed E-state index contributed by atoms with van der Waals surface area (Å²) in [4.78, 5) is 19.9. The van der Waals surface area contributed by atoms with Crippen molar-refractivity contribution < 1.29 is 9.53 Å². The third-order valence-electron chi connectivity index (χ3n) is 4.61. The largest absolute Gasteiger partial charge is 0.379 e. The fraction of sp³-hybridized carbons (Fsp3) is 0.667. The molecular weight excluding hydrogens is 290 g/mol. The Hall–Kier alpha value is -1.04. The lowest BCUT2D eigenvalue weighted by molar-refractivity contribution is 0.0102. The van der Waals surface area contributed by atoms with Gasteiger partial charge in [0.1, 0.15) is 5.69 Å². The van der Waals surface area contributed by atoms with E-state index in [4.69, 9.17) is 16.3 Å². The van der Waals surface area contributed by atoms with Gasteiger partial charge in [-0.1, -0.05) is 24.9 Å². The van der Waals surface area contributed by atoms with Crippen LogP contribution in [0.2, 0.25) is 5.02 Å². The number of carbonyl (C=O) groups is 1. The lowest BCUT2D eigenvalue weighted by Crippen LogP contribution is -2.47. The van der Waals surface area contributed by atoms with E-state index in [0.29, 0.717) is 22.7 Å². The number of nitrogens with zero attached hydrogens (tertiary/aromatic N) is 2. The molecule has 116 valence electrons. The van der Waals surface area contributed by atoms with Crippen molar-refractivity contribution in [2.45, 2.75) is 19.4 Å². The van der Waals surface area contributed by atoms with E-state index < -0.39 is 0 Å². The quantitative estimate of drug-likeness (QED) is 0.927. The summed E-state index contributed by atoms with van der Waals surface area (Å²) in [6, 6.07) is 2.15. The van der Waals surface area contributed by atoms with Gasteiger partial charge in [-0.25, -0.2) is 0 Å². The van der Waals surface area contributed by atoms with Gasteiger partial charge in [-0.15, -0.1) is 0 Å². The summed E-state index contributed by atoms with van der Waals surface area (Å²) in [7, 11) is 0. The summed E-state index contributed by atoms with van der Waals surface area (Å²) < 4.78 is 5.43. The molecule has 6 heteroatoms. The van der Waals surface area contributed by atoms with Gasteiger partial charge in [-0.2, -0.15) is 0 Å². The second-order valence-corrected chi connectivity index (χ2v) is 6.26. The van der Waals surface area contributed by atoms with Crippen molar-refractivity contribution in [3.05, 3.63) is 23.0 Å². The van der Waals surface area contributed by atoms with Crippen molar-refractivity contribution in [1.29, 1.82) is 0 Å². The minimum atomic E-state index is 0.0520. The summed E-state index contributed by atoms with van der Waals surface area (Å²) >= 11 is 5.89. The molecule has 5 nitrogen and oxygen atoms in total. The molecule has 0 aromatic carbocycles. The van der Waals surface area contributed by atoms with E-state index in [1.165, 1.54) is 0 Å². The van der Waals surface area contributed by atoms with E-state index in [0.717, 1.165) is 45.8 Å². The van der Waals surface area contributed by atoms with Crippen LogP contribution in [0, 0.1) is 5.92 Å². The molecule has 1 aromatic rings. The summed E-state index contributed by atoms with van der Waals surface area (Å²) in [5, 5.41) is 0.578. The Kier molecular flexibility index (Phi) is 4.52. The average Bonchev–Trinajstić information content (AvgIpc) is 3.13. The second-order valence-electron chi connectivity index (χ2n) is 5.83. The van der Waals surface area contributed by atoms with Crippen molar-refractivity contribution in [2.24, 2.45) is 5.92 Å². The van der Waals surface area contributed by atoms with Gasteiger partial charge in [0.05, 0.1) is 18.2 Å². The number of likely N-dealkylation sites (tertiary alicyclic amines) is 1. The Bertz CT molecular complexity index is 499. The molecule has 0 radical (unpaired) electrons. The third-order valence-corrected chi connectivity index (χ3v) is 4.83. The van der Waals surface area contributed by atoms with Gasteiger partial charge in [-0.05, 0) is 12.0 Å². The average molecular weight is 312 g/mol. The molecule has 0 bridgehead atoms. The Balaban J connectivity index is 1.69. The Morgan fingerprint density at radius 2 is 2.19 bits per heavy atom. The maximum absolute atomic E-state index is 12.5. The van der Waals surface area contributed by atoms with Crippen LogP contribution in [0.4, 0.5) is 0 Å². The number of aromatic nitrogens is 1. The van der Waals surface area contributed by atoms with Crippen LogP contribution < -0.4 is 0 Å². The Labute approximate surface area is 130 Å². The predicted octanol–water partition coefficient (Wildman–Crippen LogP) is 1.85. The topological polar surface area (TPSA) is 48.6 Å². The monoisotopic (exact) mass is 311 g/mol. The fourth-order valence-corrected chi connectivity index (χ4v) is 3.57. The summed E-state index contributed by atoms with van der Waals surface area (Å²) in [6.07, 6.45) is 2.75. The molecule has 2 fully saturated rings. The van der Waals surface area contributed by atoms with E-state index in [1.54, 1.807) is 12.3 Å². The number of hydrogen-bond acceptors (Lipinski definition) is 3. The molecule has 0 spiro atoms. The molecular formula is C15H22ClN3O2. The molecule has 2 saturated heterocycles. The first-order chi connectivity index (χ1) is 10.2. The first-order valence-corrected chi connectivity index (χ1v) is 8.02. The first kappa shape index (κ1) is 14.9. The van der Waals surface area contributed by atoms with E-state index in [9.17, 15) is 4.79 Å². The van der Waals surface area contributed by atoms with E-state index in [-0.39, 0.29) is 5.91 Å². The maximum atomic E-state index is 12.5. The molecule has 3 rings (SSSR count). The molecule has 2 aliphatic rings. The van der Waals surface area contributed by atoms with Crippen molar-refractivity contribution in [3.63, 3.8) is 0 Å². The van der Waals surface area contributed by atoms with Crippen molar-refractivity contribution in [3.8, 4) is 0 Å². The normalized spacial score (nSPS) is 27.2. The third kappa shape index (κ3) is 3.10. The molecule has 21 heavy (non-hydrogen) atoms. The molecule has 1 aromatic heterocycles. The number of carbonyl (C=O) groups excluding carboxylic acids is 1. The van der Waals surface area contributed by atoms with E-state index >= 15 is 0 Å². The van der Waals surface area contributed by atoms with Crippen LogP contribution in [-0.4, -0.2) is 66.1 Å². The summed E-state index contributed by atoms with van der Waals surface area (Å²) in [5.74, 6) is 0.591. The molecule has 3 heterocycles. The number of ether oxygens (including phenoxy) is 1. The molecule has 0 saturated carbocycles. The molecule has 2 atom stereocenters. The zero-order valence-corrected chi connectivity index (χ0v) is 13.1. The van der Waals surface area contributed by atoms with Crippen molar-refractivity contribution >= 4 is 17.5 Å². The smallest absolute Gasteiger partial charge is 0.270 e. The maximum Gasteiger partial charge on any atom is 0.270 e. The molecule has 1 N–H and O–H groups in total. The van der Waals surface area contributed by atoms with Crippen LogP contribution in [0.5, 0.6) is 0 Å². The van der Waals surface area contributed by atoms with Crippen LogP contribution in [0.1, 0.15) is 23.8 Å². The van der Waals surface area contributed by atoms with Gasteiger partial charge in [-0.3, -0.25) is 9.69 Å². The number of halogens is 1. The fourth-order valence-electron chi connectivity index (χ4n) is 3.41. The molecule has 1 amide bonds. The number of morpholine rings is 1. The van der Waals surface area contributed by atoms with E-state index in [2.05, 4.69) is 16.8 Å². The van der Waals surface area contributed by atoms with Crippen LogP contribution in [0.25, 0.3) is 0 Å². The minimum absolute atomic E-state index is 0.0520. The number of amides is 1. The predicted molar refractivity (Wildman–Crippen MR) is 81.7 cm³/mol. The van der Waals surface area contributed by atoms with E-state index in [1.807, 2.05) is 4.90 Å².